The maximum absolute atomic E-state index is 11.2. The minimum Gasteiger partial charge on any atom is -0.480 e. The van der Waals surface area contributed by atoms with Crippen LogP contribution in [0.15, 0.2) is 60.7 Å². The van der Waals surface area contributed by atoms with Crippen molar-refractivity contribution in [3.05, 3.63) is 60.7 Å². The van der Waals surface area contributed by atoms with Crippen LogP contribution in [-0.4, -0.2) is 16.9 Å². The Morgan fingerprint density at radius 2 is 1.33 bits per heavy atom. The van der Waals surface area contributed by atoms with Crippen LogP contribution in [0.3, 0.4) is 0 Å². The molecule has 4 heteroatoms. The van der Waals surface area contributed by atoms with Gasteiger partial charge in [0, 0.05) is 0 Å². The summed E-state index contributed by atoms with van der Waals surface area (Å²) in [5.74, 6) is -1.85. The first-order valence-corrected chi connectivity index (χ1v) is 6.99. The number of rotatable bonds is 4. The summed E-state index contributed by atoms with van der Waals surface area (Å²) < 4.78 is 0. The van der Waals surface area contributed by atoms with Gasteiger partial charge >= 0.3 is 5.97 Å². The Morgan fingerprint density at radius 1 is 0.944 bits per heavy atom. The van der Waals surface area contributed by atoms with Gasteiger partial charge in [-0.3, -0.25) is 4.79 Å². The Labute approximate surface area is 107 Å². The summed E-state index contributed by atoms with van der Waals surface area (Å²) in [5.41, 5.74) is 5.85. The van der Waals surface area contributed by atoms with Crippen molar-refractivity contribution in [2.45, 2.75) is 5.78 Å². The van der Waals surface area contributed by atoms with Gasteiger partial charge in [0.1, 0.15) is 5.78 Å². The van der Waals surface area contributed by atoms with Crippen molar-refractivity contribution in [2.24, 2.45) is 5.73 Å². The predicted molar refractivity (Wildman–Crippen MR) is 74.7 cm³/mol. The molecule has 1 unspecified atom stereocenters. The second-order valence-electron chi connectivity index (χ2n) is 3.82. The van der Waals surface area contributed by atoms with E-state index in [1.54, 1.807) is 0 Å². The van der Waals surface area contributed by atoms with Gasteiger partial charge in [0.2, 0.25) is 0 Å². The maximum atomic E-state index is 11.2. The largest absolute Gasteiger partial charge is 0.480 e. The molecule has 0 aromatic heterocycles. The van der Waals surface area contributed by atoms with Crippen LogP contribution in [0.25, 0.3) is 0 Å². The Balaban J connectivity index is 2.45. The van der Waals surface area contributed by atoms with E-state index in [2.05, 4.69) is 0 Å². The van der Waals surface area contributed by atoms with Gasteiger partial charge in [-0.05, 0) is 18.5 Å². The number of carboxylic acids is 1. The average molecular weight is 259 g/mol. The molecule has 0 spiro atoms. The Bertz CT molecular complexity index is 476. The number of hydrogen-bond acceptors (Lipinski definition) is 2. The molecule has 2 aromatic carbocycles. The molecule has 92 valence electrons. The molecular weight excluding hydrogens is 245 g/mol. The van der Waals surface area contributed by atoms with Gasteiger partial charge < -0.3 is 10.8 Å². The van der Waals surface area contributed by atoms with Gasteiger partial charge in [0.05, 0.1) is 0 Å². The standard InChI is InChI=1S/C14H14NO2P/c15-13(14(16)17)18(11-7-3-1-4-8-11)12-9-5-2-6-10-12/h1-10,13H,15H2,(H,16,17). The fourth-order valence-electron chi connectivity index (χ4n) is 1.76. The van der Waals surface area contributed by atoms with Crippen molar-refractivity contribution in [1.82, 2.24) is 0 Å². The molecule has 0 aliphatic rings. The predicted octanol–water partition coefficient (Wildman–Crippen LogP) is 1.49. The van der Waals surface area contributed by atoms with E-state index in [9.17, 15) is 4.79 Å². The number of benzene rings is 2. The van der Waals surface area contributed by atoms with E-state index in [-0.39, 0.29) is 0 Å². The molecule has 0 saturated carbocycles. The fraction of sp³-hybridized carbons (Fsp3) is 0.0714. The van der Waals surface area contributed by atoms with Crippen molar-refractivity contribution in [2.75, 3.05) is 0 Å². The third-order valence-corrected chi connectivity index (χ3v) is 5.09. The van der Waals surface area contributed by atoms with Crippen LogP contribution < -0.4 is 16.3 Å². The van der Waals surface area contributed by atoms with Crippen LogP contribution in [0.5, 0.6) is 0 Å². The Hall–Kier alpha value is -1.70. The lowest BCUT2D eigenvalue weighted by Gasteiger charge is -2.22. The van der Waals surface area contributed by atoms with Crippen LogP contribution >= 0.6 is 7.92 Å². The lowest BCUT2D eigenvalue weighted by Crippen LogP contribution is -2.35. The van der Waals surface area contributed by atoms with Crippen molar-refractivity contribution < 1.29 is 9.90 Å². The number of aliphatic carboxylic acids is 1. The highest BCUT2D eigenvalue weighted by Gasteiger charge is 2.26. The summed E-state index contributed by atoms with van der Waals surface area (Å²) in [7, 11) is -1.07. The molecule has 0 amide bonds. The van der Waals surface area contributed by atoms with Gasteiger partial charge in [-0.25, -0.2) is 0 Å². The van der Waals surface area contributed by atoms with E-state index in [1.807, 2.05) is 60.7 Å². The molecule has 0 fully saturated rings. The smallest absolute Gasteiger partial charge is 0.325 e. The first kappa shape index (κ1) is 12.7. The molecule has 0 aliphatic heterocycles. The normalized spacial score (nSPS) is 12.3. The highest BCUT2D eigenvalue weighted by atomic mass is 31.1. The average Bonchev–Trinajstić information content (AvgIpc) is 2.41. The Morgan fingerprint density at radius 3 is 1.67 bits per heavy atom. The van der Waals surface area contributed by atoms with Crippen LogP contribution in [0.2, 0.25) is 0 Å². The van der Waals surface area contributed by atoms with Gasteiger partial charge in [-0.15, -0.1) is 0 Å². The van der Waals surface area contributed by atoms with Crippen molar-refractivity contribution >= 4 is 24.5 Å². The van der Waals surface area contributed by atoms with Crippen LogP contribution in [0.1, 0.15) is 0 Å². The van der Waals surface area contributed by atoms with Crippen molar-refractivity contribution in [3.63, 3.8) is 0 Å². The second kappa shape index (κ2) is 5.76. The molecule has 0 aliphatic carbocycles. The number of nitrogens with two attached hydrogens (primary N) is 1. The molecule has 2 rings (SSSR count). The molecule has 0 saturated heterocycles. The summed E-state index contributed by atoms with van der Waals surface area (Å²) in [6, 6.07) is 19.2. The zero-order chi connectivity index (χ0) is 13.0. The third-order valence-electron chi connectivity index (χ3n) is 2.60. The quantitative estimate of drug-likeness (QED) is 0.818. The second-order valence-corrected chi connectivity index (χ2v) is 6.15. The number of carbonyl (C=O) groups is 1. The molecule has 0 bridgehead atoms. The van der Waals surface area contributed by atoms with Gasteiger partial charge in [-0.2, -0.15) is 0 Å². The molecule has 1 atom stereocenters. The van der Waals surface area contributed by atoms with Crippen LogP contribution in [0.4, 0.5) is 0 Å². The summed E-state index contributed by atoms with van der Waals surface area (Å²) >= 11 is 0. The lowest BCUT2D eigenvalue weighted by molar-refractivity contribution is -0.136. The third kappa shape index (κ3) is 2.76. The molecule has 3 nitrogen and oxygen atoms in total. The van der Waals surface area contributed by atoms with Gasteiger partial charge in [0.15, 0.2) is 0 Å². The van der Waals surface area contributed by atoms with E-state index >= 15 is 0 Å². The molecule has 0 radical (unpaired) electrons. The molecule has 3 N–H and O–H groups in total. The summed E-state index contributed by atoms with van der Waals surface area (Å²) in [6.07, 6.45) is 0. The minimum atomic E-state index is -1.07. The molecule has 2 aromatic rings. The van der Waals surface area contributed by atoms with E-state index in [4.69, 9.17) is 10.8 Å². The topological polar surface area (TPSA) is 63.3 Å². The fourth-order valence-corrected chi connectivity index (χ4v) is 3.91. The van der Waals surface area contributed by atoms with E-state index < -0.39 is 19.7 Å². The van der Waals surface area contributed by atoms with Crippen molar-refractivity contribution in [3.8, 4) is 0 Å². The molecular formula is C14H14NO2P. The SMILES string of the molecule is NC(C(=O)O)P(c1ccccc1)c1ccccc1. The van der Waals surface area contributed by atoms with Gasteiger partial charge in [0.25, 0.3) is 0 Å². The zero-order valence-electron chi connectivity index (χ0n) is 9.73. The zero-order valence-corrected chi connectivity index (χ0v) is 10.6. The Kier molecular flexibility index (Phi) is 4.08. The van der Waals surface area contributed by atoms with Gasteiger partial charge in [-0.1, -0.05) is 60.7 Å². The number of carboxylic acid groups (broad SMARTS) is 1. The molecule has 0 heterocycles. The summed E-state index contributed by atoms with van der Waals surface area (Å²) in [5, 5.41) is 11.1. The minimum absolute atomic E-state index is 0.884. The molecule has 18 heavy (non-hydrogen) atoms. The van der Waals surface area contributed by atoms with E-state index in [1.165, 1.54) is 0 Å². The first-order valence-electron chi connectivity index (χ1n) is 5.58. The monoisotopic (exact) mass is 259 g/mol. The maximum Gasteiger partial charge on any atom is 0.325 e. The summed E-state index contributed by atoms with van der Waals surface area (Å²) in [6.45, 7) is 0. The number of hydrogen-bond donors (Lipinski definition) is 2. The van der Waals surface area contributed by atoms with E-state index in [0.717, 1.165) is 10.6 Å². The summed E-state index contributed by atoms with van der Waals surface area (Å²) in [4.78, 5) is 11.2. The highest BCUT2D eigenvalue weighted by Crippen LogP contribution is 2.36. The van der Waals surface area contributed by atoms with E-state index in [0.29, 0.717) is 0 Å². The van der Waals surface area contributed by atoms with Crippen LogP contribution in [0, 0.1) is 0 Å². The van der Waals surface area contributed by atoms with Crippen molar-refractivity contribution in [1.29, 1.82) is 0 Å². The van der Waals surface area contributed by atoms with Crippen LogP contribution in [-0.2, 0) is 4.79 Å². The first-order chi connectivity index (χ1) is 8.70. The lowest BCUT2D eigenvalue weighted by atomic mass is 10.4. The highest BCUT2D eigenvalue weighted by molar-refractivity contribution is 7.74.